The maximum atomic E-state index is 13.3. The molecule has 0 atom stereocenters. The Kier molecular flexibility index (Phi) is 8.62. The zero-order valence-corrected chi connectivity index (χ0v) is 24.8. The number of furan rings is 1. The number of nitrogens with zero attached hydrogens (tertiary/aromatic N) is 2. The fourth-order valence-electron chi connectivity index (χ4n) is 4.30. The van der Waals surface area contributed by atoms with Crippen molar-refractivity contribution >= 4 is 57.8 Å². The first-order chi connectivity index (χ1) is 20.2. The molecule has 0 spiro atoms. The molecule has 8 nitrogen and oxygen atoms in total. The van der Waals surface area contributed by atoms with Gasteiger partial charge in [-0.15, -0.1) is 0 Å². The Labute approximate surface area is 255 Å². The third kappa shape index (κ3) is 6.33. The average Bonchev–Trinajstić information content (AvgIpc) is 3.57. The highest BCUT2D eigenvalue weighted by Gasteiger charge is 2.29. The quantitative estimate of drug-likeness (QED) is 0.129. The fourth-order valence-corrected chi connectivity index (χ4v) is 4.88. The summed E-state index contributed by atoms with van der Waals surface area (Å²) in [7, 11) is 0. The number of ether oxygens (including phenoxy) is 1. The molecule has 10 heteroatoms. The zero-order valence-electron chi connectivity index (χ0n) is 22.7. The number of hydrazone groups is 1. The van der Waals surface area contributed by atoms with E-state index in [9.17, 15) is 18.8 Å². The molecular formula is C32H25FIN3O5. The Morgan fingerprint density at radius 3 is 2.62 bits per heavy atom. The number of carbonyl (C=O) groups is 3. The molecular weight excluding hydrogens is 652 g/mol. The minimum atomic E-state index is -0.477. The summed E-state index contributed by atoms with van der Waals surface area (Å²) in [5.41, 5.74) is 3.55. The maximum Gasteiger partial charge on any atom is 0.338 e. The van der Waals surface area contributed by atoms with Crippen LogP contribution >= 0.6 is 22.6 Å². The zero-order chi connectivity index (χ0) is 29.8. The highest BCUT2D eigenvalue weighted by atomic mass is 127. The number of hydrogen-bond donors (Lipinski definition) is 1. The number of nitrogens with one attached hydrogen (secondary N) is 1. The molecule has 1 aliphatic rings. The summed E-state index contributed by atoms with van der Waals surface area (Å²) in [6.07, 6.45) is 1.61. The van der Waals surface area contributed by atoms with Gasteiger partial charge in [-0.25, -0.2) is 9.18 Å². The van der Waals surface area contributed by atoms with Crippen LogP contribution in [0.1, 0.15) is 45.9 Å². The van der Waals surface area contributed by atoms with E-state index in [4.69, 9.17) is 9.15 Å². The van der Waals surface area contributed by atoms with Crippen molar-refractivity contribution in [3.63, 3.8) is 0 Å². The normalized spacial score (nSPS) is 13.8. The minimum Gasteiger partial charge on any atom is -0.462 e. The van der Waals surface area contributed by atoms with Gasteiger partial charge in [0.25, 0.3) is 11.8 Å². The molecule has 0 fully saturated rings. The molecule has 1 aliphatic heterocycles. The average molecular weight is 677 g/mol. The van der Waals surface area contributed by atoms with E-state index in [1.807, 2.05) is 12.1 Å². The molecule has 0 aliphatic carbocycles. The molecule has 42 heavy (non-hydrogen) atoms. The van der Waals surface area contributed by atoms with Crippen LogP contribution in [0.3, 0.4) is 0 Å². The molecule has 0 saturated carbocycles. The summed E-state index contributed by atoms with van der Waals surface area (Å²) in [5, 5.41) is 8.49. The molecule has 2 heterocycles. The van der Waals surface area contributed by atoms with Crippen LogP contribution in [-0.4, -0.2) is 30.1 Å². The monoisotopic (exact) mass is 677 g/mol. The first-order valence-electron chi connectivity index (χ1n) is 13.0. The molecule has 4 aromatic rings. The van der Waals surface area contributed by atoms with E-state index in [1.54, 1.807) is 74.5 Å². The van der Waals surface area contributed by atoms with Crippen molar-refractivity contribution in [2.45, 2.75) is 20.4 Å². The Morgan fingerprint density at radius 1 is 1.07 bits per heavy atom. The van der Waals surface area contributed by atoms with E-state index in [0.29, 0.717) is 45.2 Å². The molecule has 3 aromatic carbocycles. The van der Waals surface area contributed by atoms with Crippen molar-refractivity contribution < 1.29 is 27.9 Å². The molecule has 0 bridgehead atoms. The third-order valence-corrected chi connectivity index (χ3v) is 7.38. The van der Waals surface area contributed by atoms with Gasteiger partial charge in [0.2, 0.25) is 0 Å². The van der Waals surface area contributed by atoms with Gasteiger partial charge in [-0.05, 0) is 103 Å². The lowest BCUT2D eigenvalue weighted by molar-refractivity contribution is -0.114. The van der Waals surface area contributed by atoms with Crippen LogP contribution in [0.4, 0.5) is 10.1 Å². The molecule has 0 unspecified atom stereocenters. The molecule has 0 saturated heterocycles. The van der Waals surface area contributed by atoms with Gasteiger partial charge in [0, 0.05) is 15.7 Å². The Bertz CT molecular complexity index is 1740. The lowest BCUT2D eigenvalue weighted by Crippen LogP contribution is -2.23. The van der Waals surface area contributed by atoms with Gasteiger partial charge >= 0.3 is 5.97 Å². The number of rotatable bonds is 8. The lowest BCUT2D eigenvalue weighted by Gasteiger charge is -2.12. The second-order valence-electron chi connectivity index (χ2n) is 9.34. The van der Waals surface area contributed by atoms with Crippen molar-refractivity contribution in [3.8, 4) is 11.3 Å². The number of hydrogen-bond acceptors (Lipinski definition) is 6. The van der Waals surface area contributed by atoms with E-state index in [1.165, 1.54) is 17.1 Å². The molecule has 212 valence electrons. The van der Waals surface area contributed by atoms with Gasteiger partial charge in [0.15, 0.2) is 0 Å². The third-order valence-electron chi connectivity index (χ3n) is 6.44. The van der Waals surface area contributed by atoms with Crippen LogP contribution in [0.15, 0.2) is 94.0 Å². The van der Waals surface area contributed by atoms with Gasteiger partial charge in [-0.1, -0.05) is 24.3 Å². The lowest BCUT2D eigenvalue weighted by atomic mass is 10.1. The largest absolute Gasteiger partial charge is 0.462 e. The van der Waals surface area contributed by atoms with Gasteiger partial charge < -0.3 is 14.5 Å². The predicted molar refractivity (Wildman–Crippen MR) is 165 cm³/mol. The van der Waals surface area contributed by atoms with Crippen molar-refractivity contribution in [2.75, 3.05) is 11.6 Å². The van der Waals surface area contributed by atoms with E-state index in [0.717, 1.165) is 9.13 Å². The standard InChI is InChI=1S/C32H25FIN3O5/c1-3-41-32(40)22-5-4-6-24(15-22)37-31(39)26(19(2)36-37)17-25-12-14-29(42-25)21-9-13-28(34)27(16-21)30(38)35-18-20-7-10-23(33)11-8-20/h4-17H,3,18H2,1-2H3,(H,35,38)/b26-17-. The molecule has 1 aromatic heterocycles. The van der Waals surface area contributed by atoms with Crippen molar-refractivity contribution in [1.29, 1.82) is 0 Å². The maximum absolute atomic E-state index is 13.3. The Morgan fingerprint density at radius 2 is 1.86 bits per heavy atom. The van der Waals surface area contributed by atoms with E-state index in [-0.39, 0.29) is 30.8 Å². The predicted octanol–water partition coefficient (Wildman–Crippen LogP) is 6.60. The Balaban J connectivity index is 1.32. The van der Waals surface area contributed by atoms with Crippen molar-refractivity contribution in [1.82, 2.24) is 5.32 Å². The molecule has 0 radical (unpaired) electrons. The summed E-state index contributed by atoms with van der Waals surface area (Å²) >= 11 is 2.10. The van der Waals surface area contributed by atoms with Crippen LogP contribution in [0.2, 0.25) is 0 Å². The van der Waals surface area contributed by atoms with Crippen molar-refractivity contribution in [2.24, 2.45) is 5.10 Å². The molecule has 5 rings (SSSR count). The topological polar surface area (TPSA) is 101 Å². The second kappa shape index (κ2) is 12.5. The van der Waals surface area contributed by atoms with Crippen LogP contribution in [-0.2, 0) is 16.1 Å². The van der Waals surface area contributed by atoms with Gasteiger partial charge in [0.1, 0.15) is 17.3 Å². The molecule has 1 N–H and O–H groups in total. The van der Waals surface area contributed by atoms with E-state index < -0.39 is 5.97 Å². The summed E-state index contributed by atoms with van der Waals surface area (Å²) in [6.45, 7) is 3.95. The Hall–Kier alpha value is -4.58. The highest BCUT2D eigenvalue weighted by Crippen LogP contribution is 2.29. The second-order valence-corrected chi connectivity index (χ2v) is 10.5. The SMILES string of the molecule is CCOC(=O)c1cccc(N2N=C(C)/C(=C/c3ccc(-c4ccc(I)c(C(=O)NCc5ccc(F)cc5)c4)o3)C2=O)c1. The van der Waals surface area contributed by atoms with Gasteiger partial charge in [-0.2, -0.15) is 10.1 Å². The number of amides is 2. The number of halogens is 2. The molecule has 2 amide bonds. The summed E-state index contributed by atoms with van der Waals surface area (Å²) in [5.74, 6) is -0.486. The first-order valence-corrected chi connectivity index (χ1v) is 14.1. The minimum absolute atomic E-state index is 0.245. The first kappa shape index (κ1) is 28.9. The van der Waals surface area contributed by atoms with Gasteiger partial charge in [-0.3, -0.25) is 9.59 Å². The van der Waals surface area contributed by atoms with Gasteiger partial charge in [0.05, 0.1) is 34.7 Å². The number of anilines is 1. The summed E-state index contributed by atoms with van der Waals surface area (Å²) < 4.78 is 25.0. The van der Waals surface area contributed by atoms with Crippen LogP contribution in [0.25, 0.3) is 17.4 Å². The van der Waals surface area contributed by atoms with Crippen LogP contribution in [0.5, 0.6) is 0 Å². The van der Waals surface area contributed by atoms with Crippen molar-refractivity contribution in [3.05, 3.63) is 116 Å². The smallest absolute Gasteiger partial charge is 0.338 e. The number of carbonyl (C=O) groups excluding carboxylic acids is 3. The van der Waals surface area contributed by atoms with Crippen LogP contribution < -0.4 is 10.3 Å². The van der Waals surface area contributed by atoms with E-state index in [2.05, 4.69) is 33.0 Å². The number of benzene rings is 3. The fraction of sp³-hybridized carbons (Fsp3) is 0.125. The summed E-state index contributed by atoms with van der Waals surface area (Å²) in [4.78, 5) is 38.3. The van der Waals surface area contributed by atoms with E-state index >= 15 is 0 Å². The number of esters is 1. The highest BCUT2D eigenvalue weighted by molar-refractivity contribution is 14.1. The summed E-state index contributed by atoms with van der Waals surface area (Å²) in [6, 6.07) is 21.4. The van der Waals surface area contributed by atoms with Crippen LogP contribution in [0, 0.1) is 9.39 Å².